The summed E-state index contributed by atoms with van der Waals surface area (Å²) in [6.07, 6.45) is -0.896. The molecule has 2 aromatic rings. The van der Waals surface area contributed by atoms with Gasteiger partial charge >= 0.3 is 6.18 Å². The molecule has 2 heterocycles. The third-order valence-corrected chi connectivity index (χ3v) is 4.94. The Morgan fingerprint density at radius 2 is 1.78 bits per heavy atom. The molecule has 1 amide bonds. The molecule has 1 atom stereocenters. The molecule has 5 nitrogen and oxygen atoms in total. The van der Waals surface area contributed by atoms with Crippen LogP contribution >= 0.6 is 0 Å². The molecule has 1 aromatic carbocycles. The Morgan fingerprint density at radius 1 is 1.19 bits per heavy atom. The first-order valence-corrected chi connectivity index (χ1v) is 8.48. The van der Waals surface area contributed by atoms with Crippen LogP contribution in [0, 0.1) is 5.82 Å². The molecule has 0 bridgehead atoms. The van der Waals surface area contributed by atoms with Crippen LogP contribution in [0.15, 0.2) is 36.8 Å². The number of benzene rings is 1. The zero-order valence-electron chi connectivity index (χ0n) is 14.6. The number of carbonyl (C=O) groups excluding carboxylic acids is 1. The Balaban J connectivity index is 1.71. The molecule has 146 valence electrons. The molecule has 1 aliphatic heterocycles. The third kappa shape index (κ3) is 3.69. The lowest BCUT2D eigenvalue weighted by Crippen LogP contribution is -2.57. The van der Waals surface area contributed by atoms with Gasteiger partial charge in [-0.25, -0.2) is 9.37 Å². The number of aliphatic hydroxyl groups is 1. The van der Waals surface area contributed by atoms with Gasteiger partial charge in [0, 0.05) is 36.6 Å². The van der Waals surface area contributed by atoms with Crippen molar-refractivity contribution in [2.75, 3.05) is 13.1 Å². The van der Waals surface area contributed by atoms with Crippen LogP contribution in [-0.2, 0) is 4.79 Å². The van der Waals surface area contributed by atoms with Gasteiger partial charge in [-0.3, -0.25) is 4.79 Å². The van der Waals surface area contributed by atoms with Crippen LogP contribution in [0.2, 0.25) is 0 Å². The molecule has 1 aromatic heterocycles. The van der Waals surface area contributed by atoms with E-state index in [-0.39, 0.29) is 24.8 Å². The topological polar surface area (TPSA) is 58.4 Å². The van der Waals surface area contributed by atoms with Gasteiger partial charge in [-0.05, 0) is 44.0 Å². The third-order valence-electron chi connectivity index (χ3n) is 4.94. The van der Waals surface area contributed by atoms with E-state index in [4.69, 9.17) is 0 Å². The lowest BCUT2D eigenvalue weighted by Gasteiger charge is -2.36. The minimum absolute atomic E-state index is 0.0163. The first-order valence-electron chi connectivity index (χ1n) is 8.48. The number of hydrogen-bond donors (Lipinski definition) is 1. The largest absolute Gasteiger partial charge is 0.426 e. The summed E-state index contributed by atoms with van der Waals surface area (Å²) in [6.45, 7) is 0.680. The number of aromatic nitrogens is 2. The number of halogens is 4. The highest BCUT2D eigenvalue weighted by Gasteiger charge is 2.57. The van der Waals surface area contributed by atoms with Crippen molar-refractivity contribution in [2.24, 2.45) is 0 Å². The summed E-state index contributed by atoms with van der Waals surface area (Å²) in [4.78, 5) is 17.2. The van der Waals surface area contributed by atoms with Gasteiger partial charge < -0.3 is 14.6 Å². The number of nitrogens with zero attached hydrogens (tertiary/aromatic N) is 3. The van der Waals surface area contributed by atoms with E-state index >= 15 is 0 Å². The number of alkyl halides is 3. The van der Waals surface area contributed by atoms with E-state index in [0.29, 0.717) is 19.8 Å². The van der Waals surface area contributed by atoms with Crippen LogP contribution in [0.3, 0.4) is 0 Å². The van der Waals surface area contributed by atoms with E-state index in [0.717, 1.165) is 16.3 Å². The lowest BCUT2D eigenvalue weighted by atomic mass is 9.92. The smallest absolute Gasteiger partial charge is 0.373 e. The van der Waals surface area contributed by atoms with E-state index in [9.17, 15) is 27.5 Å². The Morgan fingerprint density at radius 3 is 2.33 bits per heavy atom. The van der Waals surface area contributed by atoms with Crippen molar-refractivity contribution in [3.05, 3.63) is 48.3 Å². The van der Waals surface area contributed by atoms with Crippen molar-refractivity contribution in [3.8, 4) is 5.69 Å². The fraction of sp³-hybridized carbons (Fsp3) is 0.444. The number of hydrogen-bond acceptors (Lipinski definition) is 3. The van der Waals surface area contributed by atoms with Crippen molar-refractivity contribution in [1.29, 1.82) is 0 Å². The Bertz CT molecular complexity index is 807. The maximum absolute atomic E-state index is 13.1. The number of carbonyl (C=O) groups is 1. The van der Waals surface area contributed by atoms with Crippen molar-refractivity contribution >= 4 is 5.91 Å². The van der Waals surface area contributed by atoms with Crippen LogP contribution in [-0.4, -0.2) is 50.3 Å². The minimum atomic E-state index is -5.03. The normalized spacial score (nSPS) is 18.4. The molecule has 1 fully saturated rings. The maximum Gasteiger partial charge on any atom is 0.426 e. The summed E-state index contributed by atoms with van der Waals surface area (Å²) in [6, 6.07) is 5.89. The number of imidazole rings is 1. The Hall–Kier alpha value is -2.42. The standard InChI is InChI=1S/C18H19F4N3O2/c1-17(27,18(20,21)22)16(26)24-8-6-12(7-9-24)15-10-23-11-25(15)14-4-2-13(19)3-5-14/h2-5,10-12,27H,6-9H2,1H3. The zero-order chi connectivity index (χ0) is 19.8. The molecule has 0 aliphatic carbocycles. The minimum Gasteiger partial charge on any atom is -0.373 e. The molecule has 1 N–H and O–H groups in total. The second kappa shape index (κ2) is 6.95. The van der Waals surface area contributed by atoms with Crippen molar-refractivity contribution < 1.29 is 27.5 Å². The average molecular weight is 385 g/mol. The Kier molecular flexibility index (Phi) is 4.98. The van der Waals surface area contributed by atoms with E-state index in [1.807, 2.05) is 0 Å². The van der Waals surface area contributed by atoms with Crippen LogP contribution in [0.1, 0.15) is 31.4 Å². The molecular formula is C18H19F4N3O2. The second-order valence-corrected chi connectivity index (χ2v) is 6.80. The predicted molar refractivity (Wildman–Crippen MR) is 88.8 cm³/mol. The molecular weight excluding hydrogens is 366 g/mol. The van der Waals surface area contributed by atoms with E-state index in [1.54, 1.807) is 29.2 Å². The van der Waals surface area contributed by atoms with Crippen LogP contribution in [0.25, 0.3) is 5.69 Å². The molecule has 1 aliphatic rings. The van der Waals surface area contributed by atoms with Crippen molar-refractivity contribution in [1.82, 2.24) is 14.5 Å². The molecule has 3 rings (SSSR count). The molecule has 27 heavy (non-hydrogen) atoms. The van der Waals surface area contributed by atoms with Gasteiger partial charge in [0.05, 0.1) is 6.33 Å². The fourth-order valence-corrected chi connectivity index (χ4v) is 3.23. The molecule has 0 spiro atoms. The van der Waals surface area contributed by atoms with Gasteiger partial charge in [0.1, 0.15) is 5.82 Å². The quantitative estimate of drug-likeness (QED) is 0.827. The van der Waals surface area contributed by atoms with Gasteiger partial charge in [-0.2, -0.15) is 13.2 Å². The van der Waals surface area contributed by atoms with Gasteiger partial charge in [0.15, 0.2) is 0 Å². The summed E-state index contributed by atoms with van der Waals surface area (Å²) < 4.78 is 53.5. The van der Waals surface area contributed by atoms with Crippen molar-refractivity contribution in [3.63, 3.8) is 0 Å². The van der Waals surface area contributed by atoms with Gasteiger partial charge in [0.2, 0.25) is 5.60 Å². The first kappa shape index (κ1) is 19.3. The fourth-order valence-electron chi connectivity index (χ4n) is 3.23. The summed E-state index contributed by atoms with van der Waals surface area (Å²) in [5, 5.41) is 9.58. The molecule has 1 unspecified atom stereocenters. The second-order valence-electron chi connectivity index (χ2n) is 6.80. The number of likely N-dealkylation sites (tertiary alicyclic amines) is 1. The van der Waals surface area contributed by atoms with Gasteiger partial charge in [-0.1, -0.05) is 0 Å². The highest BCUT2D eigenvalue weighted by molar-refractivity contribution is 5.85. The van der Waals surface area contributed by atoms with E-state index in [1.165, 1.54) is 12.1 Å². The zero-order valence-corrected chi connectivity index (χ0v) is 14.6. The van der Waals surface area contributed by atoms with Crippen LogP contribution in [0.5, 0.6) is 0 Å². The van der Waals surface area contributed by atoms with Crippen molar-refractivity contribution in [2.45, 2.75) is 37.5 Å². The summed E-state index contributed by atoms with van der Waals surface area (Å²) in [5.41, 5.74) is -1.82. The SMILES string of the molecule is CC(O)(C(=O)N1CCC(c2cncn2-c2ccc(F)cc2)CC1)C(F)(F)F. The van der Waals surface area contributed by atoms with E-state index in [2.05, 4.69) is 4.98 Å². The first-order chi connectivity index (χ1) is 12.6. The maximum atomic E-state index is 13.1. The summed E-state index contributed by atoms with van der Waals surface area (Å²) >= 11 is 0. The number of amides is 1. The van der Waals surface area contributed by atoms with Crippen LogP contribution in [0.4, 0.5) is 17.6 Å². The van der Waals surface area contributed by atoms with Gasteiger partial charge in [0.25, 0.3) is 5.91 Å². The number of piperidine rings is 1. The monoisotopic (exact) mass is 385 g/mol. The predicted octanol–water partition coefficient (Wildman–Crippen LogP) is 3.03. The summed E-state index contributed by atoms with van der Waals surface area (Å²) in [7, 11) is 0. The number of rotatable bonds is 3. The summed E-state index contributed by atoms with van der Waals surface area (Å²) in [5.74, 6) is -1.71. The Labute approximate surface area is 153 Å². The molecule has 9 heteroatoms. The van der Waals surface area contributed by atoms with Crippen LogP contribution < -0.4 is 0 Å². The highest BCUT2D eigenvalue weighted by Crippen LogP contribution is 2.34. The average Bonchev–Trinajstić information content (AvgIpc) is 3.10. The van der Waals surface area contributed by atoms with E-state index < -0.39 is 17.7 Å². The molecule has 1 saturated heterocycles. The molecule has 0 saturated carbocycles. The highest BCUT2D eigenvalue weighted by atomic mass is 19.4. The van der Waals surface area contributed by atoms with Gasteiger partial charge in [-0.15, -0.1) is 0 Å². The molecule has 0 radical (unpaired) electrons. The lowest BCUT2D eigenvalue weighted by molar-refractivity contribution is -0.250.